The summed E-state index contributed by atoms with van der Waals surface area (Å²) in [4.78, 5) is 0. The molecule has 1 N–H and O–H groups in total. The number of rotatable bonds is 6. The molecule has 0 spiro atoms. The minimum absolute atomic E-state index is 0.101. The van der Waals surface area contributed by atoms with Gasteiger partial charge in [-0.3, -0.25) is 0 Å². The third-order valence-corrected chi connectivity index (χ3v) is 5.11. The van der Waals surface area contributed by atoms with Gasteiger partial charge >= 0.3 is 0 Å². The maximum atomic E-state index is 9.70. The molecule has 0 unspecified atom stereocenters. The van der Waals surface area contributed by atoms with Crippen molar-refractivity contribution in [2.45, 2.75) is 30.8 Å². The molecule has 3 aromatic rings. The van der Waals surface area contributed by atoms with E-state index in [1.54, 1.807) is 0 Å². The molecule has 0 bridgehead atoms. The monoisotopic (exact) mass is 360 g/mol. The van der Waals surface area contributed by atoms with Gasteiger partial charge in [0.1, 0.15) is 5.60 Å². The predicted octanol–water partition coefficient (Wildman–Crippen LogP) is 4.49. The zero-order chi connectivity index (χ0) is 18.5. The quantitative estimate of drug-likeness (QED) is 0.658. The molecule has 3 nitrogen and oxygen atoms in total. The Morgan fingerprint density at radius 2 is 1.19 bits per heavy atom. The van der Waals surface area contributed by atoms with E-state index in [9.17, 15) is 5.11 Å². The van der Waals surface area contributed by atoms with Crippen molar-refractivity contribution >= 4 is 0 Å². The lowest BCUT2D eigenvalue weighted by Crippen LogP contribution is -2.35. The van der Waals surface area contributed by atoms with Gasteiger partial charge < -0.3 is 14.6 Å². The second-order valence-corrected chi connectivity index (χ2v) is 6.88. The number of ether oxygens (including phenoxy) is 2. The molecular weight excluding hydrogens is 336 g/mol. The summed E-state index contributed by atoms with van der Waals surface area (Å²) in [5.74, 6) is 0. The van der Waals surface area contributed by atoms with Gasteiger partial charge in [-0.1, -0.05) is 91.0 Å². The highest BCUT2D eigenvalue weighted by atomic mass is 16.6. The second kappa shape index (κ2) is 8.05. The van der Waals surface area contributed by atoms with Crippen LogP contribution in [0.5, 0.6) is 0 Å². The smallest absolute Gasteiger partial charge is 0.155 e. The topological polar surface area (TPSA) is 38.7 Å². The fourth-order valence-electron chi connectivity index (χ4n) is 3.80. The third-order valence-electron chi connectivity index (χ3n) is 5.11. The van der Waals surface area contributed by atoms with E-state index in [0.29, 0.717) is 13.0 Å². The van der Waals surface area contributed by atoms with Crippen LogP contribution in [0.1, 0.15) is 29.5 Å². The minimum Gasteiger partial charge on any atom is -0.368 e. The lowest BCUT2D eigenvalue weighted by molar-refractivity contribution is -0.122. The molecule has 0 aliphatic carbocycles. The Labute approximate surface area is 160 Å². The van der Waals surface area contributed by atoms with Gasteiger partial charge in [-0.25, -0.2) is 0 Å². The Bertz CT molecular complexity index is 737. The van der Waals surface area contributed by atoms with E-state index in [1.165, 1.54) is 0 Å². The molecule has 1 saturated heterocycles. The summed E-state index contributed by atoms with van der Waals surface area (Å²) in [5.41, 5.74) is 2.48. The molecule has 1 aliphatic rings. The molecule has 3 aromatic carbocycles. The Kier molecular flexibility index (Phi) is 5.35. The number of aliphatic hydroxyl groups is 1. The van der Waals surface area contributed by atoms with Crippen LogP contribution in [0.25, 0.3) is 0 Å². The first kappa shape index (κ1) is 17.9. The summed E-state index contributed by atoms with van der Waals surface area (Å²) in [5, 5.41) is 9.70. The Balaban J connectivity index is 1.81. The SMILES string of the molecule is O[C@H]1CC[C@H](COC(c2ccccc2)(c2ccccc2)c2ccccc2)O1. The zero-order valence-corrected chi connectivity index (χ0v) is 15.2. The molecule has 0 amide bonds. The van der Waals surface area contributed by atoms with Crippen LogP contribution in [0.2, 0.25) is 0 Å². The molecule has 138 valence electrons. The molecule has 1 aliphatic heterocycles. The first-order valence-corrected chi connectivity index (χ1v) is 9.43. The zero-order valence-electron chi connectivity index (χ0n) is 15.2. The normalized spacial score (nSPS) is 19.9. The number of aliphatic hydroxyl groups excluding tert-OH is 1. The van der Waals surface area contributed by atoms with E-state index in [2.05, 4.69) is 36.4 Å². The van der Waals surface area contributed by atoms with Crippen LogP contribution in [0.15, 0.2) is 91.0 Å². The molecule has 0 radical (unpaired) electrons. The summed E-state index contributed by atoms with van der Waals surface area (Å²) in [7, 11) is 0. The van der Waals surface area contributed by atoms with Crippen LogP contribution in [0, 0.1) is 0 Å². The van der Waals surface area contributed by atoms with Gasteiger partial charge in [-0.2, -0.15) is 0 Å². The van der Waals surface area contributed by atoms with Gasteiger partial charge in [0.15, 0.2) is 6.29 Å². The van der Waals surface area contributed by atoms with Crippen molar-refractivity contribution in [1.82, 2.24) is 0 Å². The second-order valence-electron chi connectivity index (χ2n) is 6.88. The minimum atomic E-state index is -0.735. The molecule has 0 aromatic heterocycles. The maximum Gasteiger partial charge on any atom is 0.155 e. The van der Waals surface area contributed by atoms with Crippen molar-refractivity contribution in [3.05, 3.63) is 108 Å². The highest BCUT2D eigenvalue weighted by molar-refractivity contribution is 5.47. The van der Waals surface area contributed by atoms with Crippen LogP contribution >= 0.6 is 0 Å². The predicted molar refractivity (Wildman–Crippen MR) is 105 cm³/mol. The molecule has 0 saturated carbocycles. The largest absolute Gasteiger partial charge is 0.368 e. The standard InChI is InChI=1S/C24H24O3/c25-23-17-16-22(27-23)18-26-24(19-10-4-1-5-11-19,20-12-6-2-7-13-20)21-14-8-3-9-15-21/h1-15,22-23,25H,16-18H2/t22-,23-/m1/s1. The first-order valence-electron chi connectivity index (χ1n) is 9.43. The van der Waals surface area contributed by atoms with Crippen molar-refractivity contribution in [1.29, 1.82) is 0 Å². The fourth-order valence-corrected chi connectivity index (χ4v) is 3.80. The van der Waals surface area contributed by atoms with Crippen molar-refractivity contribution in [2.24, 2.45) is 0 Å². The van der Waals surface area contributed by atoms with E-state index in [0.717, 1.165) is 23.1 Å². The third kappa shape index (κ3) is 3.67. The maximum absolute atomic E-state index is 9.70. The number of hydrogen-bond acceptors (Lipinski definition) is 3. The lowest BCUT2D eigenvalue weighted by Gasteiger charge is -2.36. The fraction of sp³-hybridized carbons (Fsp3) is 0.250. The number of hydrogen-bond donors (Lipinski definition) is 1. The van der Waals surface area contributed by atoms with Gasteiger partial charge in [-0.15, -0.1) is 0 Å². The number of benzene rings is 3. The summed E-state index contributed by atoms with van der Waals surface area (Å²) >= 11 is 0. The first-order chi connectivity index (χ1) is 13.3. The van der Waals surface area contributed by atoms with Gasteiger partial charge in [0.25, 0.3) is 0 Å². The van der Waals surface area contributed by atoms with E-state index in [1.807, 2.05) is 54.6 Å². The Hall–Kier alpha value is -2.46. The van der Waals surface area contributed by atoms with Crippen molar-refractivity contribution in [3.63, 3.8) is 0 Å². The Morgan fingerprint density at radius 3 is 1.56 bits per heavy atom. The average Bonchev–Trinajstić information content (AvgIpc) is 3.16. The van der Waals surface area contributed by atoms with E-state index in [4.69, 9.17) is 9.47 Å². The van der Waals surface area contributed by atoms with E-state index < -0.39 is 11.9 Å². The van der Waals surface area contributed by atoms with Gasteiger partial charge in [-0.05, 0) is 23.1 Å². The highest BCUT2D eigenvalue weighted by Crippen LogP contribution is 2.41. The molecule has 27 heavy (non-hydrogen) atoms. The van der Waals surface area contributed by atoms with Gasteiger partial charge in [0.2, 0.25) is 0 Å². The summed E-state index contributed by atoms with van der Waals surface area (Å²) < 4.78 is 12.3. The van der Waals surface area contributed by atoms with E-state index >= 15 is 0 Å². The summed E-state index contributed by atoms with van der Waals surface area (Å²) in [6.45, 7) is 0.412. The van der Waals surface area contributed by atoms with Gasteiger partial charge in [0, 0.05) is 6.42 Å². The summed E-state index contributed by atoms with van der Waals surface area (Å²) in [6.07, 6.45) is 0.673. The van der Waals surface area contributed by atoms with Crippen LogP contribution in [0.3, 0.4) is 0 Å². The molecule has 4 rings (SSSR count). The van der Waals surface area contributed by atoms with Crippen molar-refractivity contribution in [3.8, 4) is 0 Å². The van der Waals surface area contributed by atoms with Gasteiger partial charge in [0.05, 0.1) is 12.7 Å². The van der Waals surface area contributed by atoms with Crippen LogP contribution in [-0.2, 0) is 15.1 Å². The van der Waals surface area contributed by atoms with Crippen LogP contribution in [-0.4, -0.2) is 24.1 Å². The Morgan fingerprint density at radius 1 is 0.741 bits per heavy atom. The lowest BCUT2D eigenvalue weighted by atomic mass is 9.80. The van der Waals surface area contributed by atoms with Crippen LogP contribution < -0.4 is 0 Å². The van der Waals surface area contributed by atoms with Crippen molar-refractivity contribution in [2.75, 3.05) is 6.61 Å². The molecule has 1 fully saturated rings. The molecule has 1 heterocycles. The van der Waals surface area contributed by atoms with E-state index in [-0.39, 0.29) is 6.10 Å². The molecular formula is C24H24O3. The summed E-state index contributed by atoms with van der Waals surface area (Å²) in [6, 6.07) is 30.9. The molecule has 3 heteroatoms. The average molecular weight is 360 g/mol. The molecule has 2 atom stereocenters. The highest BCUT2D eigenvalue weighted by Gasteiger charge is 2.38. The van der Waals surface area contributed by atoms with Crippen LogP contribution in [0.4, 0.5) is 0 Å². The van der Waals surface area contributed by atoms with Crippen molar-refractivity contribution < 1.29 is 14.6 Å².